The number of fused-ring (bicyclic) bond motifs is 4. The summed E-state index contributed by atoms with van der Waals surface area (Å²) in [4.78, 5) is 18.4. The smallest absolute Gasteiger partial charge is 0.274 e. The van der Waals surface area contributed by atoms with Crippen molar-refractivity contribution in [1.29, 1.82) is 0 Å². The molecular formula is C24H21ClN2O4. The summed E-state index contributed by atoms with van der Waals surface area (Å²) in [5, 5.41) is 13.1. The lowest BCUT2D eigenvalue weighted by molar-refractivity contribution is 0.0984. The molecular weight excluding hydrogens is 416 g/mol. The molecule has 0 saturated heterocycles. The number of halogens is 1. The van der Waals surface area contributed by atoms with E-state index in [9.17, 15) is 9.90 Å². The van der Waals surface area contributed by atoms with Crippen LogP contribution in [0.15, 0.2) is 48.5 Å². The molecule has 0 spiro atoms. The summed E-state index contributed by atoms with van der Waals surface area (Å²) in [6.07, 6.45) is 0. The van der Waals surface area contributed by atoms with Crippen LogP contribution in [-0.4, -0.2) is 42.6 Å². The average Bonchev–Trinajstić information content (AvgIpc) is 3.39. The van der Waals surface area contributed by atoms with Gasteiger partial charge in [-0.2, -0.15) is 0 Å². The number of aromatic amines is 1. The summed E-state index contributed by atoms with van der Waals surface area (Å²) in [5.41, 5.74) is 2.83. The van der Waals surface area contributed by atoms with Gasteiger partial charge in [0, 0.05) is 41.2 Å². The van der Waals surface area contributed by atoms with Crippen molar-refractivity contribution in [3.8, 4) is 17.2 Å². The monoisotopic (exact) mass is 436 g/mol. The summed E-state index contributed by atoms with van der Waals surface area (Å²) >= 11 is 6.29. The number of phenolic OH excluding ortho intramolecular Hbond substituents is 1. The van der Waals surface area contributed by atoms with Gasteiger partial charge in [0.1, 0.15) is 22.9 Å². The number of methoxy groups -OCH3 is 2. The minimum Gasteiger partial charge on any atom is -0.507 e. The van der Waals surface area contributed by atoms with Gasteiger partial charge in [-0.05, 0) is 23.1 Å². The standard InChI is InChI=1S/C24H21ClN2O4/c1-30-15-7-13-8-18(26-23(13)21(9-15)31-2)24(29)27-12-14(11-25)22-17-6-4-3-5-16(17)20(28)10-19(22)27/h3-10,14,26,28H,11-12H2,1-2H3/t14-/m1/s1. The number of aromatic hydroxyl groups is 1. The maximum Gasteiger partial charge on any atom is 0.274 e. The van der Waals surface area contributed by atoms with E-state index in [-0.39, 0.29) is 17.6 Å². The van der Waals surface area contributed by atoms with E-state index in [0.29, 0.717) is 35.3 Å². The second-order valence-corrected chi connectivity index (χ2v) is 7.93. The highest BCUT2D eigenvalue weighted by Crippen LogP contribution is 2.45. The molecule has 0 saturated carbocycles. The zero-order chi connectivity index (χ0) is 21.7. The number of hydrogen-bond donors (Lipinski definition) is 2. The highest BCUT2D eigenvalue weighted by molar-refractivity contribution is 6.19. The maximum absolute atomic E-state index is 13.5. The summed E-state index contributed by atoms with van der Waals surface area (Å²) < 4.78 is 10.8. The molecule has 5 rings (SSSR count). The molecule has 3 aromatic carbocycles. The van der Waals surface area contributed by atoms with E-state index in [1.807, 2.05) is 30.3 Å². The van der Waals surface area contributed by atoms with Crippen LogP contribution in [0.5, 0.6) is 17.2 Å². The molecule has 1 aromatic heterocycles. The van der Waals surface area contributed by atoms with Gasteiger partial charge in [-0.3, -0.25) is 4.79 Å². The largest absolute Gasteiger partial charge is 0.507 e. The molecule has 7 heteroatoms. The van der Waals surface area contributed by atoms with E-state index in [2.05, 4.69) is 4.98 Å². The third kappa shape index (κ3) is 2.98. The lowest BCUT2D eigenvalue weighted by atomic mass is 9.95. The zero-order valence-electron chi connectivity index (χ0n) is 17.1. The van der Waals surface area contributed by atoms with Gasteiger partial charge in [-0.1, -0.05) is 24.3 Å². The number of anilines is 1. The molecule has 0 fully saturated rings. The number of nitrogens with one attached hydrogen (secondary N) is 1. The SMILES string of the molecule is COc1cc(OC)c2[nH]c(C(=O)N3C[C@@H](CCl)c4c3cc(O)c3ccccc43)cc2c1. The third-order valence-electron chi connectivity index (χ3n) is 5.93. The van der Waals surface area contributed by atoms with E-state index >= 15 is 0 Å². The van der Waals surface area contributed by atoms with E-state index in [4.69, 9.17) is 21.1 Å². The lowest BCUT2D eigenvalue weighted by Gasteiger charge is -2.17. The fourth-order valence-corrected chi connectivity index (χ4v) is 4.72. The van der Waals surface area contributed by atoms with Crippen LogP contribution >= 0.6 is 11.6 Å². The number of hydrogen-bond acceptors (Lipinski definition) is 4. The predicted molar refractivity (Wildman–Crippen MR) is 122 cm³/mol. The van der Waals surface area contributed by atoms with Crippen molar-refractivity contribution in [1.82, 2.24) is 4.98 Å². The van der Waals surface area contributed by atoms with Crippen molar-refractivity contribution in [3.05, 3.63) is 59.8 Å². The highest BCUT2D eigenvalue weighted by Gasteiger charge is 2.35. The van der Waals surface area contributed by atoms with Crippen molar-refractivity contribution < 1.29 is 19.4 Å². The Morgan fingerprint density at radius 1 is 1.16 bits per heavy atom. The summed E-state index contributed by atoms with van der Waals surface area (Å²) in [5.74, 6) is 1.55. The Hall–Kier alpha value is -3.38. The van der Waals surface area contributed by atoms with Crippen LogP contribution in [0.4, 0.5) is 5.69 Å². The van der Waals surface area contributed by atoms with E-state index < -0.39 is 0 Å². The molecule has 1 aliphatic heterocycles. The van der Waals surface area contributed by atoms with Gasteiger partial charge in [0.2, 0.25) is 0 Å². The van der Waals surface area contributed by atoms with Crippen LogP contribution in [0.2, 0.25) is 0 Å². The molecule has 2 N–H and O–H groups in total. The van der Waals surface area contributed by atoms with E-state index in [0.717, 1.165) is 27.2 Å². The highest BCUT2D eigenvalue weighted by atomic mass is 35.5. The Morgan fingerprint density at radius 2 is 1.94 bits per heavy atom. The number of ether oxygens (including phenoxy) is 2. The van der Waals surface area contributed by atoms with E-state index in [1.54, 1.807) is 37.3 Å². The van der Waals surface area contributed by atoms with Crippen molar-refractivity contribution in [2.75, 3.05) is 31.5 Å². The van der Waals surface area contributed by atoms with Crippen LogP contribution in [0, 0.1) is 0 Å². The molecule has 2 heterocycles. The molecule has 0 radical (unpaired) electrons. The van der Waals surface area contributed by atoms with Crippen LogP contribution in [0.3, 0.4) is 0 Å². The first-order chi connectivity index (χ1) is 15.0. The molecule has 0 aliphatic carbocycles. The zero-order valence-corrected chi connectivity index (χ0v) is 17.9. The van der Waals surface area contributed by atoms with Crippen molar-refractivity contribution in [2.24, 2.45) is 0 Å². The van der Waals surface area contributed by atoms with Gasteiger partial charge >= 0.3 is 0 Å². The molecule has 1 amide bonds. The van der Waals surface area contributed by atoms with Crippen LogP contribution in [0.25, 0.3) is 21.7 Å². The minimum atomic E-state index is -0.194. The molecule has 0 unspecified atom stereocenters. The number of phenols is 1. The first-order valence-electron chi connectivity index (χ1n) is 9.93. The van der Waals surface area contributed by atoms with Gasteiger partial charge in [-0.25, -0.2) is 0 Å². The topological polar surface area (TPSA) is 74.8 Å². The van der Waals surface area contributed by atoms with E-state index in [1.165, 1.54) is 0 Å². The lowest BCUT2D eigenvalue weighted by Crippen LogP contribution is -2.30. The summed E-state index contributed by atoms with van der Waals surface area (Å²) in [7, 11) is 3.16. The Labute approximate surface area is 183 Å². The van der Waals surface area contributed by atoms with Gasteiger partial charge in [0.05, 0.1) is 25.4 Å². The molecule has 0 bridgehead atoms. The second kappa shape index (κ2) is 7.39. The number of carbonyl (C=O) groups excluding carboxylic acids is 1. The number of alkyl halides is 1. The average molecular weight is 437 g/mol. The number of carbonyl (C=O) groups is 1. The first-order valence-corrected chi connectivity index (χ1v) is 10.5. The van der Waals surface area contributed by atoms with Crippen LogP contribution in [-0.2, 0) is 0 Å². The second-order valence-electron chi connectivity index (χ2n) is 7.62. The predicted octanol–water partition coefficient (Wildman–Crippen LogP) is 5.03. The quantitative estimate of drug-likeness (QED) is 0.440. The fraction of sp³-hybridized carbons (Fsp3) is 0.208. The number of aromatic nitrogens is 1. The Morgan fingerprint density at radius 3 is 2.65 bits per heavy atom. The summed E-state index contributed by atoms with van der Waals surface area (Å²) in [6.45, 7) is 0.445. The summed E-state index contributed by atoms with van der Waals surface area (Å²) in [6, 6.07) is 14.7. The third-order valence-corrected chi connectivity index (χ3v) is 6.30. The van der Waals surface area contributed by atoms with Crippen LogP contribution < -0.4 is 14.4 Å². The van der Waals surface area contributed by atoms with Gasteiger partial charge in [0.25, 0.3) is 5.91 Å². The van der Waals surface area contributed by atoms with Crippen molar-refractivity contribution >= 4 is 44.9 Å². The molecule has 6 nitrogen and oxygen atoms in total. The maximum atomic E-state index is 13.5. The van der Waals surface area contributed by atoms with Crippen molar-refractivity contribution in [3.63, 3.8) is 0 Å². The molecule has 158 valence electrons. The molecule has 1 atom stereocenters. The van der Waals surface area contributed by atoms with Gasteiger partial charge in [0.15, 0.2) is 0 Å². The van der Waals surface area contributed by atoms with Crippen LogP contribution in [0.1, 0.15) is 22.0 Å². The normalized spacial score (nSPS) is 15.5. The number of H-pyrrole nitrogens is 1. The Bertz CT molecular complexity index is 1330. The number of benzene rings is 3. The Kier molecular flexibility index (Phi) is 4.67. The number of nitrogens with zero attached hydrogens (tertiary/aromatic N) is 1. The number of rotatable bonds is 4. The molecule has 4 aromatic rings. The van der Waals surface area contributed by atoms with Crippen molar-refractivity contribution in [2.45, 2.75) is 5.92 Å². The fourth-order valence-electron chi connectivity index (χ4n) is 4.47. The molecule has 1 aliphatic rings. The van der Waals surface area contributed by atoms with Gasteiger partial charge in [-0.15, -0.1) is 11.6 Å². The minimum absolute atomic E-state index is 0.0230. The number of amides is 1. The molecule has 31 heavy (non-hydrogen) atoms. The first kappa shape index (κ1) is 19.6. The Balaban J connectivity index is 1.63. The van der Waals surface area contributed by atoms with Gasteiger partial charge < -0.3 is 24.5 Å².